The molecule has 1 N–H and O–H groups in total. The molecule has 0 aromatic rings. The summed E-state index contributed by atoms with van der Waals surface area (Å²) < 4.78 is 17.7. The zero-order valence-corrected chi connectivity index (χ0v) is 6.87. The Labute approximate surface area is 64.3 Å². The first-order chi connectivity index (χ1) is 5.04. The van der Waals surface area contributed by atoms with Gasteiger partial charge in [0.05, 0.1) is 7.11 Å². The van der Waals surface area contributed by atoms with E-state index in [-0.39, 0.29) is 0 Å². The summed E-state index contributed by atoms with van der Waals surface area (Å²) in [6, 6.07) is 0. The van der Waals surface area contributed by atoms with Gasteiger partial charge in [0.25, 0.3) is 5.97 Å². The Morgan fingerprint density at radius 1 is 1.73 bits per heavy atom. The molecule has 0 rings (SSSR count). The van der Waals surface area contributed by atoms with Gasteiger partial charge in [-0.2, -0.15) is 0 Å². The van der Waals surface area contributed by atoms with Crippen molar-refractivity contribution in [3.63, 3.8) is 0 Å². The number of nitrogens with zero attached hydrogens (tertiary/aromatic N) is 1. The van der Waals surface area contributed by atoms with Crippen LogP contribution in [0.15, 0.2) is 0 Å². The number of carboxylic acids is 1. The third-order valence-electron chi connectivity index (χ3n) is 0.264. The minimum Gasteiger partial charge on any atom is -0.481 e. The molecule has 0 aliphatic carbocycles. The molecular weight excluding hydrogens is 173 g/mol. The summed E-state index contributed by atoms with van der Waals surface area (Å²) in [6.07, 6.45) is 1.21. The predicted molar refractivity (Wildman–Crippen MR) is 34.6 cm³/mol. The second-order valence-electron chi connectivity index (χ2n) is 1.11. The highest BCUT2D eigenvalue weighted by Crippen LogP contribution is 2.19. The van der Waals surface area contributed by atoms with Crippen molar-refractivity contribution < 1.29 is 23.5 Å². The van der Waals surface area contributed by atoms with Crippen molar-refractivity contribution in [1.82, 2.24) is 0 Å². The van der Waals surface area contributed by atoms with Gasteiger partial charge in [-0.05, 0) is 0 Å². The van der Waals surface area contributed by atoms with Gasteiger partial charge in [0, 0.05) is 11.5 Å². The Morgan fingerprint density at radius 2 is 2.09 bits per heavy atom. The lowest BCUT2D eigenvalue weighted by Gasteiger charge is -1.65. The minimum absolute atomic E-state index is 0.833. The number of carbonyl (C=O) groups is 1. The van der Waals surface area contributed by atoms with Crippen LogP contribution >= 0.6 is 8.25 Å². The first-order valence-electron chi connectivity index (χ1n) is 2.31. The van der Waals surface area contributed by atoms with E-state index in [1.165, 1.54) is 13.4 Å². The topological polar surface area (TPSA) is 96.6 Å². The van der Waals surface area contributed by atoms with E-state index in [9.17, 15) is 4.57 Å². The van der Waals surface area contributed by atoms with Crippen molar-refractivity contribution in [3.8, 4) is 6.26 Å². The van der Waals surface area contributed by atoms with Crippen molar-refractivity contribution >= 4 is 14.2 Å². The molecule has 0 fully saturated rings. The molecule has 0 radical (unpaired) electrons. The normalized spacial score (nSPS) is 8.27. The first kappa shape index (κ1) is 12.5. The molecule has 62 valence electrons. The van der Waals surface area contributed by atoms with Gasteiger partial charge >= 0.3 is 14.5 Å². The fraction of sp³-hybridized carbons (Fsp3) is 0.500. The summed E-state index contributed by atoms with van der Waals surface area (Å²) in [7, 11) is -0.999. The van der Waals surface area contributed by atoms with Gasteiger partial charge in [-0.15, -0.1) is 14.3 Å². The summed E-state index contributed by atoms with van der Waals surface area (Å²) in [5.74, 6) is -0.833. The minimum atomic E-state index is -2.19. The van der Waals surface area contributed by atoms with Crippen LogP contribution in [-0.4, -0.2) is 18.2 Å². The summed E-state index contributed by atoms with van der Waals surface area (Å²) in [4.78, 5) is 9.00. The average molecular weight is 180 g/mol. The van der Waals surface area contributed by atoms with E-state index in [1.54, 1.807) is 0 Å². The molecule has 1 unspecified atom stereocenters. The molecule has 11 heavy (non-hydrogen) atoms. The highest BCUT2D eigenvalue weighted by atomic mass is 31.1. The van der Waals surface area contributed by atoms with E-state index in [0.717, 1.165) is 6.92 Å². The molecule has 0 heterocycles. The molecule has 6 nitrogen and oxygen atoms in total. The van der Waals surface area contributed by atoms with Gasteiger partial charge in [-0.3, -0.25) is 4.79 Å². The molecule has 0 saturated carbocycles. The van der Waals surface area contributed by atoms with Crippen LogP contribution < -0.4 is 0 Å². The van der Waals surface area contributed by atoms with Crippen molar-refractivity contribution in [1.29, 1.82) is 5.26 Å². The van der Waals surface area contributed by atoms with Gasteiger partial charge in [0.1, 0.15) is 0 Å². The number of nitriles is 1. The Hall–Kier alpha value is -1.18. The molecule has 0 saturated heterocycles. The van der Waals surface area contributed by atoms with Gasteiger partial charge < -0.3 is 5.11 Å². The van der Waals surface area contributed by atoms with Gasteiger partial charge in [0.15, 0.2) is 0 Å². The molecule has 7 heteroatoms. The highest BCUT2D eigenvalue weighted by molar-refractivity contribution is 7.33. The third-order valence-corrected chi connectivity index (χ3v) is 0.793. The van der Waals surface area contributed by atoms with E-state index < -0.39 is 14.2 Å². The van der Waals surface area contributed by atoms with Crippen LogP contribution in [0, 0.1) is 11.5 Å². The quantitative estimate of drug-likeness (QED) is 0.500. The standard InChI is InChI=1S/C2H3NO3P.C2H4O2/c1-5-7(4)6-2-3;1-2(3)4/h1H3;1H3,(H,3,4)/q+1;. The lowest BCUT2D eigenvalue weighted by atomic mass is 10.9. The van der Waals surface area contributed by atoms with E-state index in [2.05, 4.69) is 9.05 Å². The van der Waals surface area contributed by atoms with Crippen LogP contribution in [0.1, 0.15) is 6.92 Å². The Balaban J connectivity index is 0. The van der Waals surface area contributed by atoms with Crippen molar-refractivity contribution in [2.45, 2.75) is 6.92 Å². The van der Waals surface area contributed by atoms with Crippen LogP contribution in [0.3, 0.4) is 0 Å². The van der Waals surface area contributed by atoms with Crippen LogP contribution in [0.4, 0.5) is 0 Å². The van der Waals surface area contributed by atoms with E-state index in [1.807, 2.05) is 0 Å². The van der Waals surface area contributed by atoms with E-state index in [0.29, 0.717) is 0 Å². The van der Waals surface area contributed by atoms with Gasteiger partial charge in [-0.1, -0.05) is 0 Å². The molecule has 1 atom stereocenters. The molecule has 0 aliphatic rings. The van der Waals surface area contributed by atoms with E-state index >= 15 is 0 Å². The molecule has 0 aromatic heterocycles. The molecule has 0 spiro atoms. The summed E-state index contributed by atoms with van der Waals surface area (Å²) >= 11 is 0. The van der Waals surface area contributed by atoms with Crippen molar-refractivity contribution in [3.05, 3.63) is 0 Å². The zero-order valence-electron chi connectivity index (χ0n) is 5.97. The Bertz CT molecular complexity index is 170. The molecule has 0 aliphatic heterocycles. The maximum atomic E-state index is 9.89. The lowest BCUT2D eigenvalue weighted by molar-refractivity contribution is -0.134. The Kier molecular flexibility index (Phi) is 10.0. The second-order valence-corrected chi connectivity index (χ2v) is 2.10. The average Bonchev–Trinajstić information content (AvgIpc) is 1.87. The second kappa shape index (κ2) is 8.82. The zero-order chi connectivity index (χ0) is 9.28. The fourth-order valence-electron chi connectivity index (χ4n) is 0.0706. The predicted octanol–water partition coefficient (Wildman–Crippen LogP) is 0.879. The van der Waals surface area contributed by atoms with Crippen LogP contribution in [0.2, 0.25) is 0 Å². The highest BCUT2D eigenvalue weighted by Gasteiger charge is 2.15. The van der Waals surface area contributed by atoms with Gasteiger partial charge in [0.2, 0.25) is 0 Å². The number of hydrogen-bond acceptors (Lipinski definition) is 5. The monoisotopic (exact) mass is 180 g/mol. The van der Waals surface area contributed by atoms with Crippen LogP contribution in [-0.2, 0) is 18.4 Å². The smallest absolute Gasteiger partial charge is 0.481 e. The Morgan fingerprint density at radius 3 is 2.18 bits per heavy atom. The van der Waals surface area contributed by atoms with Crippen molar-refractivity contribution in [2.24, 2.45) is 0 Å². The SMILES string of the molecule is CC(=O)O.CO[P+](=O)OC#N. The molecular formula is C4H7NO5P+. The van der Waals surface area contributed by atoms with Crippen molar-refractivity contribution in [2.75, 3.05) is 7.11 Å². The van der Waals surface area contributed by atoms with Crippen LogP contribution in [0.5, 0.6) is 0 Å². The summed E-state index contributed by atoms with van der Waals surface area (Å²) in [5.41, 5.74) is 0. The summed E-state index contributed by atoms with van der Waals surface area (Å²) in [5, 5.41) is 15.0. The lowest BCUT2D eigenvalue weighted by Crippen LogP contribution is -1.78. The number of hydrogen-bond donors (Lipinski definition) is 1. The molecule has 0 bridgehead atoms. The molecule has 0 amide bonds. The third kappa shape index (κ3) is 28.1. The van der Waals surface area contributed by atoms with Crippen LogP contribution in [0.25, 0.3) is 0 Å². The summed E-state index contributed by atoms with van der Waals surface area (Å²) in [6.45, 7) is 1.08. The van der Waals surface area contributed by atoms with Gasteiger partial charge in [-0.25, -0.2) is 0 Å². The number of carboxylic acid groups (broad SMARTS) is 1. The largest absolute Gasteiger partial charge is 0.761 e. The van der Waals surface area contributed by atoms with E-state index in [4.69, 9.17) is 15.2 Å². The fourth-order valence-corrected chi connectivity index (χ4v) is 0.212. The maximum absolute atomic E-state index is 9.89. The molecule has 0 aromatic carbocycles. The first-order valence-corrected chi connectivity index (χ1v) is 3.41. The number of aliphatic carboxylic acids is 1. The number of rotatable bonds is 2. The maximum Gasteiger partial charge on any atom is 0.761 e.